The van der Waals surface area contributed by atoms with Crippen molar-refractivity contribution in [3.05, 3.63) is 35.4 Å². The van der Waals surface area contributed by atoms with Gasteiger partial charge in [-0.2, -0.15) is 22.0 Å². The van der Waals surface area contributed by atoms with Gasteiger partial charge in [-0.1, -0.05) is 27.7 Å². The van der Waals surface area contributed by atoms with Crippen molar-refractivity contribution in [2.24, 2.45) is 11.8 Å². The van der Waals surface area contributed by atoms with Crippen LogP contribution in [0.3, 0.4) is 0 Å². The Labute approximate surface area is 227 Å². The van der Waals surface area contributed by atoms with E-state index in [1.54, 1.807) is 24.1 Å². The van der Waals surface area contributed by atoms with E-state index in [-0.39, 0.29) is 11.5 Å². The van der Waals surface area contributed by atoms with Gasteiger partial charge in [0.25, 0.3) is 11.8 Å². The number of alkyl halides is 5. The van der Waals surface area contributed by atoms with Crippen LogP contribution in [0.5, 0.6) is 0 Å². The minimum absolute atomic E-state index is 0.112. The number of carbonyl (C=O) groups excluding carboxylic acids is 5. The first kappa shape index (κ1) is 32.8. The zero-order chi connectivity index (χ0) is 30.4. The average Bonchev–Trinajstić information content (AvgIpc) is 2.88. The van der Waals surface area contributed by atoms with Gasteiger partial charge < -0.3 is 20.3 Å². The van der Waals surface area contributed by atoms with Gasteiger partial charge in [-0.25, -0.2) is 0 Å². The molecule has 0 bridgehead atoms. The van der Waals surface area contributed by atoms with Crippen LogP contribution >= 0.6 is 0 Å². The molecule has 1 fully saturated rings. The summed E-state index contributed by atoms with van der Waals surface area (Å²) in [5.74, 6) is -12.9. The first-order chi connectivity index (χ1) is 18.5. The number of Topliss-reactive ketones (excluding diaryl/α,β-unsaturated/α-hetero) is 2. The van der Waals surface area contributed by atoms with Crippen LogP contribution in [-0.2, 0) is 19.1 Å². The highest BCUT2D eigenvalue weighted by Crippen LogP contribution is 2.37. The fourth-order valence-electron chi connectivity index (χ4n) is 3.92. The second-order valence-electron chi connectivity index (χ2n) is 10.0. The summed E-state index contributed by atoms with van der Waals surface area (Å²) in [5.41, 5.74) is 0.457. The Kier molecular flexibility index (Phi) is 10.9. The largest absolute Gasteiger partial charge is 0.461 e. The Hall–Kier alpha value is -3.42. The summed E-state index contributed by atoms with van der Waals surface area (Å²) in [7, 11) is 0. The van der Waals surface area contributed by atoms with Gasteiger partial charge in [-0.15, -0.1) is 0 Å². The fraction of sp³-hybridized carbons (Fsp3) is 0.577. The molecule has 0 spiro atoms. The van der Waals surface area contributed by atoms with Crippen LogP contribution in [0.25, 0.3) is 0 Å². The van der Waals surface area contributed by atoms with E-state index in [1.165, 1.54) is 24.3 Å². The molecule has 0 aliphatic carbocycles. The highest BCUT2D eigenvalue weighted by atomic mass is 19.4. The molecule has 2 N–H and O–H groups in total. The molecule has 0 radical (unpaired) electrons. The summed E-state index contributed by atoms with van der Waals surface area (Å²) >= 11 is 0. The molecule has 40 heavy (non-hydrogen) atoms. The molecule has 2 rings (SSSR count). The number of hydrogen-bond acceptors (Lipinski definition) is 6. The number of nitrogens with zero attached hydrogens (tertiary/aromatic N) is 1. The lowest BCUT2D eigenvalue weighted by atomic mass is 9.94. The van der Waals surface area contributed by atoms with Crippen molar-refractivity contribution in [2.45, 2.75) is 58.3 Å². The molecule has 1 aliphatic rings. The van der Waals surface area contributed by atoms with Crippen molar-refractivity contribution in [3.8, 4) is 0 Å². The van der Waals surface area contributed by atoms with Crippen LogP contribution in [0.15, 0.2) is 24.3 Å². The van der Waals surface area contributed by atoms with E-state index in [2.05, 4.69) is 5.32 Å². The molecule has 0 saturated carbocycles. The lowest BCUT2D eigenvalue weighted by molar-refractivity contribution is -0.270. The summed E-state index contributed by atoms with van der Waals surface area (Å²) in [5, 5.41) is 4.28. The average molecular weight is 578 g/mol. The van der Waals surface area contributed by atoms with E-state index >= 15 is 0 Å². The maximum Gasteiger partial charge on any atom is 0.461 e. The third kappa shape index (κ3) is 8.05. The molecule has 1 aliphatic heterocycles. The van der Waals surface area contributed by atoms with Gasteiger partial charge in [-0.3, -0.25) is 24.0 Å². The predicted molar refractivity (Wildman–Crippen MR) is 132 cm³/mol. The smallest absolute Gasteiger partial charge is 0.378 e. The van der Waals surface area contributed by atoms with Crippen LogP contribution in [0.4, 0.5) is 22.0 Å². The number of morpholine rings is 1. The zero-order valence-electron chi connectivity index (χ0n) is 22.4. The molecule has 222 valence electrons. The number of carbonyl (C=O) groups is 5. The van der Waals surface area contributed by atoms with Crippen LogP contribution < -0.4 is 10.6 Å². The van der Waals surface area contributed by atoms with E-state index in [0.29, 0.717) is 31.9 Å². The normalized spacial score (nSPS) is 15.9. The van der Waals surface area contributed by atoms with Crippen molar-refractivity contribution in [2.75, 3.05) is 26.3 Å². The Morgan fingerprint density at radius 3 is 1.80 bits per heavy atom. The van der Waals surface area contributed by atoms with Crippen LogP contribution in [0, 0.1) is 11.8 Å². The number of halogens is 5. The Morgan fingerprint density at radius 2 is 1.32 bits per heavy atom. The molecular weight excluding hydrogens is 545 g/mol. The zero-order valence-corrected chi connectivity index (χ0v) is 22.4. The van der Waals surface area contributed by atoms with E-state index in [9.17, 15) is 45.9 Å². The highest BCUT2D eigenvalue weighted by Gasteiger charge is 2.64. The third-order valence-electron chi connectivity index (χ3n) is 6.26. The van der Waals surface area contributed by atoms with Gasteiger partial charge >= 0.3 is 12.1 Å². The topological polar surface area (TPSA) is 122 Å². The Balaban J connectivity index is 2.06. The number of nitrogens with one attached hydrogen (secondary N) is 2. The second kappa shape index (κ2) is 13.3. The number of benzene rings is 1. The quantitative estimate of drug-likeness (QED) is 0.308. The third-order valence-corrected chi connectivity index (χ3v) is 6.26. The van der Waals surface area contributed by atoms with E-state index < -0.39 is 65.8 Å². The summed E-state index contributed by atoms with van der Waals surface area (Å²) in [4.78, 5) is 64.1. The van der Waals surface area contributed by atoms with E-state index in [4.69, 9.17) is 4.74 Å². The van der Waals surface area contributed by atoms with Crippen molar-refractivity contribution < 1.29 is 50.7 Å². The number of rotatable bonds is 11. The van der Waals surface area contributed by atoms with Crippen LogP contribution in [0.2, 0.25) is 0 Å². The molecule has 9 nitrogen and oxygen atoms in total. The molecule has 1 aromatic rings. The molecule has 2 atom stereocenters. The highest BCUT2D eigenvalue weighted by molar-refractivity contribution is 6.05. The Bertz CT molecular complexity index is 1100. The van der Waals surface area contributed by atoms with Crippen molar-refractivity contribution in [1.29, 1.82) is 0 Å². The van der Waals surface area contributed by atoms with Crippen LogP contribution in [0.1, 0.15) is 54.8 Å². The lowest BCUT2D eigenvalue weighted by Gasteiger charge is -2.27. The van der Waals surface area contributed by atoms with Gasteiger partial charge in [0.2, 0.25) is 11.7 Å². The standard InChI is InChI=1S/C26H32F5N3O6/c1-14(2)20(18(35)13-19(36)32-21(15(3)4)22(37)25(27,28)26(29,30)31)33-23(38)16-5-7-17(8-6-16)24(39)34-9-11-40-12-10-34/h5-8,14-15,20-21H,9-13H2,1-4H3,(H,32,36)(H,33,38). The number of ketones is 2. The van der Waals surface area contributed by atoms with Crippen LogP contribution in [-0.4, -0.2) is 84.7 Å². The number of ether oxygens (including phenoxy) is 1. The summed E-state index contributed by atoms with van der Waals surface area (Å²) in [6.07, 6.45) is -7.14. The SMILES string of the molecule is CC(C)C(NC(=O)c1ccc(C(=O)N2CCOCC2)cc1)C(=O)CC(=O)NC(C(=O)C(F)(F)C(F)(F)F)C(C)C. The first-order valence-electron chi connectivity index (χ1n) is 12.6. The van der Waals surface area contributed by atoms with Gasteiger partial charge in [0, 0.05) is 24.2 Å². The van der Waals surface area contributed by atoms with Crippen molar-refractivity contribution in [1.82, 2.24) is 15.5 Å². The van der Waals surface area contributed by atoms with Crippen molar-refractivity contribution >= 4 is 29.3 Å². The number of hydrogen-bond donors (Lipinski definition) is 2. The molecule has 1 aromatic carbocycles. The maximum absolute atomic E-state index is 13.6. The summed E-state index contributed by atoms with van der Waals surface area (Å²) < 4.78 is 70.4. The second-order valence-corrected chi connectivity index (χ2v) is 10.0. The molecule has 0 aromatic heterocycles. The van der Waals surface area contributed by atoms with Gasteiger partial charge in [0.05, 0.1) is 31.7 Å². The maximum atomic E-state index is 13.6. The molecule has 1 heterocycles. The minimum Gasteiger partial charge on any atom is -0.378 e. The molecule has 14 heteroatoms. The minimum atomic E-state index is -6.15. The monoisotopic (exact) mass is 577 g/mol. The van der Waals surface area contributed by atoms with E-state index in [1.807, 2.05) is 0 Å². The molecule has 3 amide bonds. The number of amides is 3. The van der Waals surface area contributed by atoms with Gasteiger partial charge in [-0.05, 0) is 36.1 Å². The molecular formula is C26H32F5N3O6. The summed E-state index contributed by atoms with van der Waals surface area (Å²) in [6, 6.07) is 2.24. The van der Waals surface area contributed by atoms with Gasteiger partial charge in [0.1, 0.15) is 0 Å². The Morgan fingerprint density at radius 1 is 0.825 bits per heavy atom. The van der Waals surface area contributed by atoms with E-state index in [0.717, 1.165) is 13.8 Å². The lowest BCUT2D eigenvalue weighted by Crippen LogP contribution is -2.56. The summed E-state index contributed by atoms with van der Waals surface area (Å²) in [6.45, 7) is 7.16. The molecule has 2 unspecified atom stereocenters. The first-order valence-corrected chi connectivity index (χ1v) is 12.6. The van der Waals surface area contributed by atoms with Gasteiger partial charge in [0.15, 0.2) is 5.78 Å². The molecule has 1 saturated heterocycles. The fourth-order valence-corrected chi connectivity index (χ4v) is 3.92. The predicted octanol–water partition coefficient (Wildman–Crippen LogP) is 2.78. The van der Waals surface area contributed by atoms with Crippen molar-refractivity contribution in [3.63, 3.8) is 0 Å².